The summed E-state index contributed by atoms with van der Waals surface area (Å²) in [5.41, 5.74) is 13.4. The third-order valence-electron chi connectivity index (χ3n) is 9.35. The van der Waals surface area contributed by atoms with Crippen LogP contribution in [0.15, 0.2) is 72.8 Å². The monoisotopic (exact) mass is 603 g/mol. The number of carbonyl (C=O) groups excluding carboxylic acids is 1. The van der Waals surface area contributed by atoms with Crippen molar-refractivity contribution in [2.24, 2.45) is 0 Å². The number of carbonyl (C=O) groups is 1. The third kappa shape index (κ3) is 6.50. The molecule has 0 N–H and O–H groups in total. The van der Waals surface area contributed by atoms with Crippen molar-refractivity contribution in [2.75, 3.05) is 40.0 Å². The SMILES string of the molecule is CCCN(C)CCOCCCc1ccc(C2(c3ccc(C)c(C(=O)OCC)c3)c3cc(C)ccc3-c3ccc(C)cc32)cc1C. The quantitative estimate of drug-likeness (QED) is 0.0996. The van der Waals surface area contributed by atoms with E-state index in [1.807, 2.05) is 13.8 Å². The minimum absolute atomic E-state index is 0.273. The number of aryl methyl sites for hydroxylation is 5. The highest BCUT2D eigenvalue weighted by atomic mass is 16.5. The summed E-state index contributed by atoms with van der Waals surface area (Å²) >= 11 is 0. The van der Waals surface area contributed by atoms with E-state index < -0.39 is 5.41 Å². The number of likely N-dealkylation sites (N-methyl/N-ethyl adjacent to an activating group) is 1. The van der Waals surface area contributed by atoms with E-state index in [1.165, 1.54) is 56.5 Å². The normalized spacial score (nSPS) is 13.2. The second kappa shape index (κ2) is 14.1. The fourth-order valence-corrected chi connectivity index (χ4v) is 7.01. The number of nitrogens with zero attached hydrogens (tertiary/aromatic N) is 1. The van der Waals surface area contributed by atoms with Gasteiger partial charge < -0.3 is 14.4 Å². The zero-order valence-electron chi connectivity index (χ0n) is 28.3. The minimum Gasteiger partial charge on any atom is -0.462 e. The average molecular weight is 604 g/mol. The van der Waals surface area contributed by atoms with Crippen LogP contribution in [0.25, 0.3) is 11.1 Å². The second-order valence-corrected chi connectivity index (χ2v) is 12.8. The van der Waals surface area contributed by atoms with E-state index in [4.69, 9.17) is 9.47 Å². The first-order chi connectivity index (χ1) is 21.7. The summed E-state index contributed by atoms with van der Waals surface area (Å²) in [6.07, 6.45) is 3.14. The predicted molar refractivity (Wildman–Crippen MR) is 186 cm³/mol. The standard InChI is InChI=1S/C41H49NO3/c1-8-20-42(7)21-23-44-22-10-11-32-15-17-33(26-31(32)6)41(34-16-14-30(5)37(27-34)40(43)45-9-2)38-24-28(3)12-18-35(38)36-19-13-29(4)25-39(36)41/h12-19,24-27H,8-11,20-23H2,1-7H3. The molecule has 0 heterocycles. The average Bonchev–Trinajstić information content (AvgIpc) is 3.29. The Morgan fingerprint density at radius 2 is 1.38 bits per heavy atom. The van der Waals surface area contributed by atoms with Crippen LogP contribution < -0.4 is 0 Å². The Morgan fingerprint density at radius 1 is 0.733 bits per heavy atom. The molecule has 5 rings (SSSR count). The lowest BCUT2D eigenvalue weighted by Crippen LogP contribution is -2.29. The molecule has 0 unspecified atom stereocenters. The maximum atomic E-state index is 13.2. The molecular formula is C41H49NO3. The van der Waals surface area contributed by atoms with Crippen molar-refractivity contribution in [2.45, 2.75) is 66.2 Å². The van der Waals surface area contributed by atoms with Crippen LogP contribution in [0.4, 0.5) is 0 Å². The van der Waals surface area contributed by atoms with Crippen LogP contribution in [0.3, 0.4) is 0 Å². The zero-order valence-corrected chi connectivity index (χ0v) is 28.3. The molecule has 0 amide bonds. The predicted octanol–water partition coefficient (Wildman–Crippen LogP) is 8.75. The van der Waals surface area contributed by atoms with Gasteiger partial charge in [-0.1, -0.05) is 84.8 Å². The van der Waals surface area contributed by atoms with Gasteiger partial charge in [-0.25, -0.2) is 4.79 Å². The highest BCUT2D eigenvalue weighted by molar-refractivity contribution is 5.93. The molecule has 45 heavy (non-hydrogen) atoms. The van der Waals surface area contributed by atoms with E-state index in [0.29, 0.717) is 12.2 Å². The lowest BCUT2D eigenvalue weighted by atomic mass is 9.66. The third-order valence-corrected chi connectivity index (χ3v) is 9.35. The lowest BCUT2D eigenvalue weighted by molar-refractivity contribution is 0.0525. The Bertz CT molecular complexity index is 1620. The molecule has 0 saturated carbocycles. The highest BCUT2D eigenvalue weighted by Crippen LogP contribution is 2.56. The van der Waals surface area contributed by atoms with Crippen molar-refractivity contribution < 1.29 is 14.3 Å². The highest BCUT2D eigenvalue weighted by Gasteiger charge is 2.46. The zero-order chi connectivity index (χ0) is 32.1. The first-order valence-electron chi connectivity index (χ1n) is 16.6. The number of hydrogen-bond donors (Lipinski definition) is 0. The number of fused-ring (bicyclic) bond motifs is 3. The fourth-order valence-electron chi connectivity index (χ4n) is 7.01. The molecule has 1 aliphatic carbocycles. The molecule has 4 aromatic carbocycles. The van der Waals surface area contributed by atoms with E-state index in [0.717, 1.165) is 50.3 Å². The number of rotatable bonds is 13. The molecule has 4 nitrogen and oxygen atoms in total. The fraction of sp³-hybridized carbons (Fsp3) is 0.390. The van der Waals surface area contributed by atoms with E-state index in [1.54, 1.807) is 0 Å². The molecule has 0 aromatic heterocycles. The van der Waals surface area contributed by atoms with Crippen molar-refractivity contribution in [3.8, 4) is 11.1 Å². The van der Waals surface area contributed by atoms with Crippen molar-refractivity contribution in [1.29, 1.82) is 0 Å². The van der Waals surface area contributed by atoms with Gasteiger partial charge >= 0.3 is 5.97 Å². The van der Waals surface area contributed by atoms with Crippen LogP contribution in [0.1, 0.15) is 87.1 Å². The van der Waals surface area contributed by atoms with Crippen LogP contribution in [0.5, 0.6) is 0 Å². The minimum atomic E-state index is -0.575. The molecule has 4 aromatic rings. The summed E-state index contributed by atoms with van der Waals surface area (Å²) in [7, 11) is 2.16. The maximum Gasteiger partial charge on any atom is 0.338 e. The van der Waals surface area contributed by atoms with Gasteiger partial charge in [0.15, 0.2) is 0 Å². The molecule has 0 spiro atoms. The van der Waals surface area contributed by atoms with Crippen LogP contribution in [-0.2, 0) is 21.3 Å². The molecule has 0 aliphatic heterocycles. The lowest BCUT2D eigenvalue weighted by Gasteiger charge is -2.35. The molecule has 0 atom stereocenters. The van der Waals surface area contributed by atoms with Crippen LogP contribution in [0, 0.1) is 27.7 Å². The topological polar surface area (TPSA) is 38.8 Å². The molecule has 236 valence electrons. The van der Waals surface area contributed by atoms with Crippen LogP contribution in [-0.4, -0.2) is 50.8 Å². The van der Waals surface area contributed by atoms with Gasteiger partial charge in [0.2, 0.25) is 0 Å². The van der Waals surface area contributed by atoms with Crippen LogP contribution >= 0.6 is 0 Å². The van der Waals surface area contributed by atoms with Gasteiger partial charge in [0.05, 0.1) is 24.2 Å². The largest absolute Gasteiger partial charge is 0.462 e. The summed E-state index contributed by atoms with van der Waals surface area (Å²) in [4.78, 5) is 15.5. The summed E-state index contributed by atoms with van der Waals surface area (Å²) in [6, 6.07) is 27.0. The Labute approximate surface area is 270 Å². The molecule has 0 radical (unpaired) electrons. The first kappa shape index (κ1) is 32.7. The van der Waals surface area contributed by atoms with Crippen LogP contribution in [0.2, 0.25) is 0 Å². The van der Waals surface area contributed by atoms with Gasteiger partial charge in [0.1, 0.15) is 0 Å². The molecule has 0 saturated heterocycles. The molecule has 4 heteroatoms. The molecular weight excluding hydrogens is 554 g/mol. The molecule has 0 bridgehead atoms. The Balaban J connectivity index is 1.58. The van der Waals surface area contributed by atoms with Gasteiger partial charge in [-0.15, -0.1) is 0 Å². The van der Waals surface area contributed by atoms with E-state index in [2.05, 4.69) is 112 Å². The number of benzene rings is 4. The summed E-state index contributed by atoms with van der Waals surface area (Å²) in [5.74, 6) is -0.273. The summed E-state index contributed by atoms with van der Waals surface area (Å²) < 4.78 is 11.5. The van der Waals surface area contributed by atoms with E-state index in [9.17, 15) is 4.79 Å². The van der Waals surface area contributed by atoms with Gasteiger partial charge in [0.25, 0.3) is 0 Å². The van der Waals surface area contributed by atoms with E-state index in [-0.39, 0.29) is 5.97 Å². The van der Waals surface area contributed by atoms with Gasteiger partial charge in [-0.3, -0.25) is 0 Å². The Kier molecular flexibility index (Phi) is 10.3. The van der Waals surface area contributed by atoms with Gasteiger partial charge in [-0.05, 0) is 124 Å². The molecule has 1 aliphatic rings. The Hall–Kier alpha value is -3.73. The molecule has 0 fully saturated rings. The Morgan fingerprint density at radius 3 is 2.00 bits per heavy atom. The second-order valence-electron chi connectivity index (χ2n) is 12.8. The number of ether oxygens (including phenoxy) is 2. The smallest absolute Gasteiger partial charge is 0.338 e. The van der Waals surface area contributed by atoms with Crippen molar-refractivity contribution >= 4 is 5.97 Å². The van der Waals surface area contributed by atoms with Gasteiger partial charge in [0, 0.05) is 13.2 Å². The van der Waals surface area contributed by atoms with E-state index >= 15 is 0 Å². The van der Waals surface area contributed by atoms with Crippen molar-refractivity contribution in [3.05, 3.63) is 128 Å². The van der Waals surface area contributed by atoms with Crippen molar-refractivity contribution in [3.63, 3.8) is 0 Å². The first-order valence-corrected chi connectivity index (χ1v) is 16.6. The number of esters is 1. The number of hydrogen-bond acceptors (Lipinski definition) is 4. The van der Waals surface area contributed by atoms with Crippen molar-refractivity contribution in [1.82, 2.24) is 4.90 Å². The van der Waals surface area contributed by atoms with Gasteiger partial charge in [-0.2, -0.15) is 0 Å². The summed E-state index contributed by atoms with van der Waals surface area (Å²) in [5, 5.41) is 0. The summed E-state index contributed by atoms with van der Waals surface area (Å²) in [6.45, 7) is 16.6. The maximum absolute atomic E-state index is 13.2.